The second kappa shape index (κ2) is 15.0. The van der Waals surface area contributed by atoms with Gasteiger partial charge < -0.3 is 15.0 Å². The van der Waals surface area contributed by atoms with E-state index in [4.69, 9.17) is 4.74 Å². The van der Waals surface area contributed by atoms with Gasteiger partial charge in [-0.1, -0.05) is 61.5 Å². The van der Waals surface area contributed by atoms with Crippen LogP contribution in [0.5, 0.6) is 5.75 Å². The van der Waals surface area contributed by atoms with Crippen molar-refractivity contribution in [3.8, 4) is 5.75 Å². The summed E-state index contributed by atoms with van der Waals surface area (Å²) < 4.78 is 32.6. The minimum absolute atomic E-state index is 0.146. The smallest absolute Gasteiger partial charge is 0.243 e. The van der Waals surface area contributed by atoms with E-state index in [2.05, 4.69) is 5.32 Å². The highest BCUT2D eigenvalue weighted by atomic mass is 32.2. The van der Waals surface area contributed by atoms with E-state index in [0.29, 0.717) is 38.2 Å². The van der Waals surface area contributed by atoms with Crippen molar-refractivity contribution in [2.24, 2.45) is 0 Å². The minimum atomic E-state index is -3.49. The topological polar surface area (TPSA) is 96.0 Å². The normalized spacial score (nSPS) is 14.3. The molecule has 1 N–H and O–H groups in total. The van der Waals surface area contributed by atoms with Crippen LogP contribution < -0.4 is 10.1 Å². The largest absolute Gasteiger partial charge is 0.497 e. The van der Waals surface area contributed by atoms with Crippen LogP contribution in [0.2, 0.25) is 0 Å². The molecule has 1 aliphatic heterocycles. The fourth-order valence-corrected chi connectivity index (χ4v) is 6.67. The van der Waals surface area contributed by atoms with E-state index in [-0.39, 0.29) is 29.7 Å². The van der Waals surface area contributed by atoms with Gasteiger partial charge in [-0.05, 0) is 66.6 Å². The monoisotopic (exact) mass is 591 g/mol. The summed E-state index contributed by atoms with van der Waals surface area (Å²) in [6.45, 7) is 3.90. The van der Waals surface area contributed by atoms with Crippen LogP contribution in [0.25, 0.3) is 0 Å². The molecule has 0 radical (unpaired) electrons. The molecule has 4 rings (SSSR count). The number of methoxy groups -OCH3 is 1. The number of amides is 2. The minimum Gasteiger partial charge on any atom is -0.497 e. The van der Waals surface area contributed by atoms with E-state index in [1.165, 1.54) is 4.31 Å². The van der Waals surface area contributed by atoms with Gasteiger partial charge in [-0.25, -0.2) is 8.42 Å². The molecule has 0 spiro atoms. The van der Waals surface area contributed by atoms with Crippen molar-refractivity contribution in [2.45, 2.75) is 62.9 Å². The van der Waals surface area contributed by atoms with Crippen molar-refractivity contribution in [1.29, 1.82) is 0 Å². The molecule has 0 saturated carbocycles. The molecule has 0 aromatic heterocycles. The second-order valence-corrected chi connectivity index (χ2v) is 12.6. The predicted molar refractivity (Wildman–Crippen MR) is 164 cm³/mol. The van der Waals surface area contributed by atoms with E-state index >= 15 is 0 Å². The lowest BCUT2D eigenvalue weighted by atomic mass is 10.0. The van der Waals surface area contributed by atoms with E-state index in [1.54, 1.807) is 36.3 Å². The Hall–Kier alpha value is -3.69. The Morgan fingerprint density at radius 2 is 1.55 bits per heavy atom. The molecule has 9 heteroatoms. The Morgan fingerprint density at radius 3 is 2.17 bits per heavy atom. The molecule has 1 atom stereocenters. The van der Waals surface area contributed by atoms with Gasteiger partial charge in [0.25, 0.3) is 0 Å². The zero-order chi connectivity index (χ0) is 30.0. The number of aryl methyl sites for hydroxylation is 1. The summed E-state index contributed by atoms with van der Waals surface area (Å²) >= 11 is 0. The van der Waals surface area contributed by atoms with Gasteiger partial charge >= 0.3 is 0 Å². The molecular weight excluding hydrogens is 550 g/mol. The maximum absolute atomic E-state index is 13.9. The lowest BCUT2D eigenvalue weighted by Crippen LogP contribution is -2.50. The van der Waals surface area contributed by atoms with Crippen LogP contribution in [0, 0.1) is 0 Å². The molecule has 0 bridgehead atoms. The van der Waals surface area contributed by atoms with Crippen LogP contribution in [0.4, 0.5) is 0 Å². The van der Waals surface area contributed by atoms with E-state index in [1.807, 2.05) is 61.5 Å². The Morgan fingerprint density at radius 1 is 0.905 bits per heavy atom. The molecule has 1 saturated heterocycles. The van der Waals surface area contributed by atoms with Crippen LogP contribution in [-0.4, -0.2) is 62.2 Å². The van der Waals surface area contributed by atoms with Gasteiger partial charge in [-0.2, -0.15) is 4.31 Å². The molecule has 42 heavy (non-hydrogen) atoms. The first kappa shape index (κ1) is 31.3. The van der Waals surface area contributed by atoms with Gasteiger partial charge in [0, 0.05) is 39.0 Å². The first-order chi connectivity index (χ1) is 20.3. The summed E-state index contributed by atoms with van der Waals surface area (Å²) in [6.07, 6.45) is 3.56. The standard InChI is InChI=1S/C33H41N3O5S/c1-3-21-34-33(38)31(24-27-9-5-4-6-10-27)36(25-28-11-16-29(41-2)17-12-28)32(37)20-15-26-13-18-30(19-14-26)42(39,40)35-22-7-8-23-35/h4-6,9-14,16-19,31H,3,7-8,15,20-25H2,1-2H3,(H,34,38)/t31-/m0/s1. The summed E-state index contributed by atoms with van der Waals surface area (Å²) in [6, 6.07) is 23.3. The lowest BCUT2D eigenvalue weighted by Gasteiger charge is -2.31. The molecule has 8 nitrogen and oxygen atoms in total. The number of rotatable bonds is 14. The maximum atomic E-state index is 13.9. The van der Waals surface area contributed by atoms with Crippen LogP contribution in [0.15, 0.2) is 83.8 Å². The molecule has 2 amide bonds. The van der Waals surface area contributed by atoms with Crippen LogP contribution in [0.1, 0.15) is 49.3 Å². The summed E-state index contributed by atoms with van der Waals surface area (Å²) in [5, 5.41) is 3.00. The average molecular weight is 592 g/mol. The first-order valence-corrected chi connectivity index (χ1v) is 16.1. The van der Waals surface area contributed by atoms with Gasteiger partial charge in [-0.15, -0.1) is 0 Å². The molecule has 1 fully saturated rings. The third-order valence-corrected chi connectivity index (χ3v) is 9.50. The van der Waals surface area contributed by atoms with Gasteiger partial charge in [0.15, 0.2) is 0 Å². The molecular formula is C33H41N3O5S. The summed E-state index contributed by atoms with van der Waals surface area (Å²) in [4.78, 5) is 29.3. The maximum Gasteiger partial charge on any atom is 0.243 e. The molecule has 1 heterocycles. The van der Waals surface area contributed by atoms with Crippen molar-refractivity contribution in [3.63, 3.8) is 0 Å². The first-order valence-electron chi connectivity index (χ1n) is 14.6. The lowest BCUT2D eigenvalue weighted by molar-refractivity contribution is -0.141. The zero-order valence-corrected chi connectivity index (χ0v) is 25.3. The van der Waals surface area contributed by atoms with Crippen LogP contribution >= 0.6 is 0 Å². The van der Waals surface area contributed by atoms with Crippen molar-refractivity contribution >= 4 is 21.8 Å². The SMILES string of the molecule is CCCNC(=O)[C@H](Cc1ccccc1)N(Cc1ccc(OC)cc1)C(=O)CCc1ccc(S(=O)(=O)N2CCCC2)cc1. The number of carbonyl (C=O) groups is 2. The predicted octanol–water partition coefficient (Wildman–Crippen LogP) is 4.58. The van der Waals surface area contributed by atoms with Gasteiger partial charge in [0.05, 0.1) is 12.0 Å². The Bertz CT molecular complexity index is 1400. The Balaban J connectivity index is 1.54. The molecule has 1 aliphatic rings. The molecule has 0 aliphatic carbocycles. The van der Waals surface area contributed by atoms with Crippen molar-refractivity contribution in [2.75, 3.05) is 26.7 Å². The summed E-state index contributed by atoms with van der Waals surface area (Å²) in [5.41, 5.74) is 2.72. The van der Waals surface area contributed by atoms with Crippen molar-refractivity contribution < 1.29 is 22.7 Å². The highest BCUT2D eigenvalue weighted by Crippen LogP contribution is 2.22. The Labute approximate surface area is 249 Å². The van der Waals surface area contributed by atoms with E-state index in [9.17, 15) is 18.0 Å². The van der Waals surface area contributed by atoms with Crippen molar-refractivity contribution in [1.82, 2.24) is 14.5 Å². The number of ether oxygens (including phenoxy) is 1. The zero-order valence-electron chi connectivity index (χ0n) is 24.5. The van der Waals surface area contributed by atoms with Crippen LogP contribution in [-0.2, 0) is 39.0 Å². The number of nitrogens with zero attached hydrogens (tertiary/aromatic N) is 2. The molecule has 224 valence electrons. The number of carbonyl (C=O) groups excluding carboxylic acids is 2. The number of hydrogen-bond donors (Lipinski definition) is 1. The summed E-state index contributed by atoms with van der Waals surface area (Å²) in [7, 11) is -1.89. The second-order valence-electron chi connectivity index (χ2n) is 10.6. The molecule has 3 aromatic rings. The number of nitrogens with one attached hydrogen (secondary N) is 1. The fraction of sp³-hybridized carbons (Fsp3) is 0.394. The number of sulfonamides is 1. The van der Waals surface area contributed by atoms with Crippen LogP contribution in [0.3, 0.4) is 0 Å². The van der Waals surface area contributed by atoms with Gasteiger partial charge in [0.2, 0.25) is 21.8 Å². The van der Waals surface area contributed by atoms with E-state index < -0.39 is 16.1 Å². The Kier molecular flexibility index (Phi) is 11.1. The highest BCUT2D eigenvalue weighted by molar-refractivity contribution is 7.89. The number of hydrogen-bond acceptors (Lipinski definition) is 5. The highest BCUT2D eigenvalue weighted by Gasteiger charge is 2.30. The number of benzene rings is 3. The van der Waals surface area contributed by atoms with E-state index in [0.717, 1.165) is 36.0 Å². The van der Waals surface area contributed by atoms with Gasteiger partial charge in [-0.3, -0.25) is 9.59 Å². The average Bonchev–Trinajstić information content (AvgIpc) is 3.58. The fourth-order valence-electron chi connectivity index (χ4n) is 5.15. The third-order valence-electron chi connectivity index (χ3n) is 7.59. The van der Waals surface area contributed by atoms with Crippen molar-refractivity contribution in [3.05, 3.63) is 95.6 Å². The molecule has 0 unspecified atom stereocenters. The quantitative estimate of drug-likeness (QED) is 0.296. The van der Waals surface area contributed by atoms with Gasteiger partial charge in [0.1, 0.15) is 11.8 Å². The third kappa shape index (κ3) is 8.20. The summed E-state index contributed by atoms with van der Waals surface area (Å²) in [5.74, 6) is 0.388. The molecule has 3 aromatic carbocycles.